The molecule has 6 nitrogen and oxygen atoms in total. The SMILES string of the molecule is Cl.NCCCN(Cc1ccccc1)C(=O)CSc1ccc([N+](=O)[O-])cc1. The average Bonchev–Trinajstić information content (AvgIpc) is 2.64. The molecule has 0 aliphatic rings. The molecule has 0 radical (unpaired) electrons. The lowest BCUT2D eigenvalue weighted by Crippen LogP contribution is -2.33. The molecule has 0 bridgehead atoms. The normalized spacial score (nSPS) is 10.0. The Bertz CT molecular complexity index is 699. The largest absolute Gasteiger partial charge is 0.338 e. The van der Waals surface area contributed by atoms with Crippen LogP contribution in [0, 0.1) is 10.1 Å². The third kappa shape index (κ3) is 7.03. The summed E-state index contributed by atoms with van der Waals surface area (Å²) in [5, 5.41) is 10.7. The molecular formula is C18H22ClN3O3S. The number of rotatable bonds is 9. The maximum Gasteiger partial charge on any atom is 0.269 e. The van der Waals surface area contributed by atoms with E-state index in [9.17, 15) is 14.9 Å². The Morgan fingerprint density at radius 3 is 2.35 bits per heavy atom. The quantitative estimate of drug-likeness (QED) is 0.398. The van der Waals surface area contributed by atoms with Crippen molar-refractivity contribution in [2.45, 2.75) is 17.9 Å². The van der Waals surface area contributed by atoms with E-state index in [-0.39, 0.29) is 29.8 Å². The number of non-ortho nitro benzene ring substituents is 1. The van der Waals surface area contributed by atoms with Crippen LogP contribution in [0.5, 0.6) is 0 Å². The van der Waals surface area contributed by atoms with E-state index in [1.165, 1.54) is 23.9 Å². The van der Waals surface area contributed by atoms with Crippen LogP contribution in [0.3, 0.4) is 0 Å². The van der Waals surface area contributed by atoms with Gasteiger partial charge in [-0.1, -0.05) is 30.3 Å². The highest BCUT2D eigenvalue weighted by Crippen LogP contribution is 2.22. The van der Waals surface area contributed by atoms with Gasteiger partial charge in [0, 0.05) is 30.1 Å². The number of benzene rings is 2. The van der Waals surface area contributed by atoms with Crippen LogP contribution in [-0.2, 0) is 11.3 Å². The first-order valence-electron chi connectivity index (χ1n) is 7.99. The van der Waals surface area contributed by atoms with Crippen LogP contribution in [0.25, 0.3) is 0 Å². The van der Waals surface area contributed by atoms with Gasteiger partial charge in [-0.15, -0.1) is 24.2 Å². The zero-order chi connectivity index (χ0) is 18.1. The number of thioether (sulfide) groups is 1. The van der Waals surface area contributed by atoms with E-state index < -0.39 is 4.92 Å². The number of nitro groups is 1. The fraction of sp³-hybridized carbons (Fsp3) is 0.278. The van der Waals surface area contributed by atoms with Crippen LogP contribution < -0.4 is 5.73 Å². The molecule has 2 N–H and O–H groups in total. The number of hydrogen-bond donors (Lipinski definition) is 1. The van der Waals surface area contributed by atoms with Crippen molar-refractivity contribution in [3.63, 3.8) is 0 Å². The minimum atomic E-state index is -0.436. The molecule has 2 aromatic rings. The first-order chi connectivity index (χ1) is 12.1. The summed E-state index contributed by atoms with van der Waals surface area (Å²) < 4.78 is 0. The molecule has 0 aliphatic carbocycles. The molecule has 0 spiro atoms. The van der Waals surface area contributed by atoms with E-state index in [1.807, 2.05) is 30.3 Å². The van der Waals surface area contributed by atoms with Gasteiger partial charge in [0.05, 0.1) is 10.7 Å². The molecule has 26 heavy (non-hydrogen) atoms. The first-order valence-corrected chi connectivity index (χ1v) is 8.97. The molecule has 8 heteroatoms. The van der Waals surface area contributed by atoms with Gasteiger partial charge >= 0.3 is 0 Å². The fourth-order valence-electron chi connectivity index (χ4n) is 2.28. The summed E-state index contributed by atoms with van der Waals surface area (Å²) in [7, 11) is 0. The number of halogens is 1. The van der Waals surface area contributed by atoms with Crippen LogP contribution >= 0.6 is 24.2 Å². The van der Waals surface area contributed by atoms with E-state index in [0.29, 0.717) is 19.6 Å². The molecule has 0 atom stereocenters. The van der Waals surface area contributed by atoms with Gasteiger partial charge in [0.15, 0.2) is 0 Å². The van der Waals surface area contributed by atoms with E-state index in [0.717, 1.165) is 16.9 Å². The summed E-state index contributed by atoms with van der Waals surface area (Å²) >= 11 is 1.38. The predicted octanol–water partition coefficient (Wildman–Crippen LogP) is 3.49. The summed E-state index contributed by atoms with van der Waals surface area (Å²) in [6, 6.07) is 16.1. The number of carbonyl (C=O) groups is 1. The van der Waals surface area contributed by atoms with Gasteiger partial charge < -0.3 is 10.6 Å². The highest BCUT2D eigenvalue weighted by molar-refractivity contribution is 8.00. The molecule has 2 aromatic carbocycles. The van der Waals surface area contributed by atoms with Gasteiger partial charge in [-0.25, -0.2) is 0 Å². The first kappa shape index (κ1) is 22.0. The molecule has 0 saturated carbocycles. The highest BCUT2D eigenvalue weighted by Gasteiger charge is 2.14. The lowest BCUT2D eigenvalue weighted by molar-refractivity contribution is -0.384. The van der Waals surface area contributed by atoms with Gasteiger partial charge in [0.2, 0.25) is 5.91 Å². The van der Waals surface area contributed by atoms with Crippen LogP contribution in [0.1, 0.15) is 12.0 Å². The van der Waals surface area contributed by atoms with Crippen molar-refractivity contribution < 1.29 is 9.72 Å². The van der Waals surface area contributed by atoms with Crippen molar-refractivity contribution in [3.8, 4) is 0 Å². The average molecular weight is 396 g/mol. The number of nitrogens with zero attached hydrogens (tertiary/aromatic N) is 2. The van der Waals surface area contributed by atoms with Crippen molar-refractivity contribution in [2.75, 3.05) is 18.8 Å². The van der Waals surface area contributed by atoms with E-state index in [4.69, 9.17) is 5.73 Å². The lowest BCUT2D eigenvalue weighted by Gasteiger charge is -2.22. The summed E-state index contributed by atoms with van der Waals surface area (Å²) in [5.74, 6) is 0.315. The number of nitrogens with two attached hydrogens (primary N) is 1. The van der Waals surface area contributed by atoms with Crippen LogP contribution in [0.4, 0.5) is 5.69 Å². The minimum Gasteiger partial charge on any atom is -0.338 e. The molecule has 140 valence electrons. The zero-order valence-corrected chi connectivity index (χ0v) is 15.9. The molecule has 2 rings (SSSR count). The predicted molar refractivity (Wildman–Crippen MR) is 107 cm³/mol. The highest BCUT2D eigenvalue weighted by atomic mass is 35.5. The summed E-state index contributed by atoms with van der Waals surface area (Å²) in [6.07, 6.45) is 0.751. The van der Waals surface area contributed by atoms with Crippen molar-refractivity contribution in [1.29, 1.82) is 0 Å². The Labute approximate surface area is 163 Å². The lowest BCUT2D eigenvalue weighted by atomic mass is 10.2. The third-order valence-electron chi connectivity index (χ3n) is 3.61. The Balaban J connectivity index is 0.00000338. The number of carbonyl (C=O) groups excluding carboxylic acids is 1. The number of amides is 1. The Morgan fingerprint density at radius 2 is 1.77 bits per heavy atom. The third-order valence-corrected chi connectivity index (χ3v) is 4.61. The summed E-state index contributed by atoms with van der Waals surface area (Å²) in [4.78, 5) is 25.4. The van der Waals surface area contributed by atoms with Gasteiger partial charge in [-0.3, -0.25) is 14.9 Å². The van der Waals surface area contributed by atoms with E-state index >= 15 is 0 Å². The Morgan fingerprint density at radius 1 is 1.12 bits per heavy atom. The maximum atomic E-state index is 12.6. The second-order valence-electron chi connectivity index (χ2n) is 5.48. The molecule has 0 saturated heterocycles. The standard InChI is InChI=1S/C18H21N3O3S.ClH/c19-11-4-12-20(13-15-5-2-1-3-6-15)18(22)14-25-17-9-7-16(8-10-17)21(23)24;/h1-3,5-10H,4,11-14,19H2;1H. The van der Waals surface area contributed by atoms with Crippen LogP contribution in [0.15, 0.2) is 59.5 Å². The molecule has 0 aliphatic heterocycles. The van der Waals surface area contributed by atoms with Crippen LogP contribution in [0.2, 0.25) is 0 Å². The number of nitro benzene ring substituents is 1. The second-order valence-corrected chi connectivity index (χ2v) is 6.53. The van der Waals surface area contributed by atoms with Gasteiger partial charge in [-0.05, 0) is 30.7 Å². The summed E-state index contributed by atoms with van der Waals surface area (Å²) in [6.45, 7) is 1.71. The molecule has 1 amide bonds. The second kappa shape index (κ2) is 11.5. The zero-order valence-electron chi connectivity index (χ0n) is 14.2. The Kier molecular flexibility index (Phi) is 9.72. The Hall–Kier alpha value is -2.09. The van der Waals surface area contributed by atoms with Crippen molar-refractivity contribution in [3.05, 3.63) is 70.3 Å². The van der Waals surface area contributed by atoms with Gasteiger partial charge in [-0.2, -0.15) is 0 Å². The smallest absolute Gasteiger partial charge is 0.269 e. The molecule has 0 unspecified atom stereocenters. The molecule has 0 fully saturated rings. The van der Waals surface area contributed by atoms with E-state index in [1.54, 1.807) is 17.0 Å². The fourth-order valence-corrected chi connectivity index (χ4v) is 3.08. The number of hydrogen-bond acceptors (Lipinski definition) is 5. The topological polar surface area (TPSA) is 89.5 Å². The monoisotopic (exact) mass is 395 g/mol. The van der Waals surface area contributed by atoms with E-state index in [2.05, 4.69) is 0 Å². The van der Waals surface area contributed by atoms with Gasteiger partial charge in [0.25, 0.3) is 5.69 Å². The molecular weight excluding hydrogens is 374 g/mol. The molecule has 0 aromatic heterocycles. The minimum absolute atomic E-state index is 0. The summed E-state index contributed by atoms with van der Waals surface area (Å²) in [5.41, 5.74) is 6.70. The van der Waals surface area contributed by atoms with Crippen molar-refractivity contribution >= 4 is 35.8 Å². The maximum absolute atomic E-state index is 12.6. The van der Waals surface area contributed by atoms with Gasteiger partial charge in [0.1, 0.15) is 0 Å². The molecule has 0 heterocycles. The van der Waals surface area contributed by atoms with Crippen molar-refractivity contribution in [2.24, 2.45) is 5.73 Å². The van der Waals surface area contributed by atoms with Crippen molar-refractivity contribution in [1.82, 2.24) is 4.90 Å². The van der Waals surface area contributed by atoms with Crippen LogP contribution in [-0.4, -0.2) is 34.6 Å².